The molecule has 0 amide bonds. The minimum atomic E-state index is 0.638. The second kappa shape index (κ2) is 14.3. The van der Waals surface area contributed by atoms with E-state index in [2.05, 4.69) is 215 Å². The van der Waals surface area contributed by atoms with Crippen LogP contribution >= 0.6 is 0 Å². The second-order valence-corrected chi connectivity index (χ2v) is 17.2. The van der Waals surface area contributed by atoms with Crippen LogP contribution in [0.1, 0.15) is 0 Å². The standard InChI is InChI=1S/C61H37N5/c1-2-16-41(17-3-1)59-62-60(45-26-25-38-13-4-6-18-42(38)35-45)64-61(63-59)50-23-12-20-44-37-46(30-31-48(44)50)65-53-24-11-10-22-51(53)57-55(65)34-32-52-56-49-21-9-8-15-40(49)28-33-54(56)66(58(52)57)47-29-27-39-14-5-7-19-43(39)36-47/h1-37H. The van der Waals surface area contributed by atoms with Gasteiger partial charge in [0, 0.05) is 49.6 Å². The lowest BCUT2D eigenvalue weighted by Gasteiger charge is -2.13. The summed E-state index contributed by atoms with van der Waals surface area (Å²) in [6, 6.07) is 80.6. The zero-order chi connectivity index (χ0) is 43.3. The van der Waals surface area contributed by atoms with Gasteiger partial charge in [-0.15, -0.1) is 0 Å². The summed E-state index contributed by atoms with van der Waals surface area (Å²) in [5.74, 6) is 1.92. The molecule has 0 unspecified atom stereocenters. The van der Waals surface area contributed by atoms with Gasteiger partial charge in [-0.05, 0) is 91.6 Å². The van der Waals surface area contributed by atoms with Gasteiger partial charge in [-0.2, -0.15) is 0 Å². The van der Waals surface area contributed by atoms with E-state index >= 15 is 0 Å². The van der Waals surface area contributed by atoms with Crippen LogP contribution in [0.25, 0.3) is 132 Å². The Balaban J connectivity index is 0.992. The van der Waals surface area contributed by atoms with Crippen molar-refractivity contribution >= 4 is 86.7 Å². The highest BCUT2D eigenvalue weighted by Crippen LogP contribution is 2.44. The number of benzene rings is 11. The zero-order valence-corrected chi connectivity index (χ0v) is 35.6. The maximum Gasteiger partial charge on any atom is 0.164 e. The fraction of sp³-hybridized carbons (Fsp3) is 0. The summed E-state index contributed by atoms with van der Waals surface area (Å²) in [4.78, 5) is 15.4. The van der Waals surface area contributed by atoms with Gasteiger partial charge >= 0.3 is 0 Å². The number of hydrogen-bond donors (Lipinski definition) is 0. The fourth-order valence-corrected chi connectivity index (χ4v) is 10.5. The van der Waals surface area contributed by atoms with Crippen molar-refractivity contribution in [1.29, 1.82) is 0 Å². The first-order valence-corrected chi connectivity index (χ1v) is 22.4. The van der Waals surface area contributed by atoms with Crippen LogP contribution in [0.4, 0.5) is 0 Å². The Bertz CT molecular complexity index is 4290. The first kappa shape index (κ1) is 36.5. The molecule has 0 aliphatic heterocycles. The van der Waals surface area contributed by atoms with Gasteiger partial charge in [0.1, 0.15) is 0 Å². The lowest BCUT2D eigenvalue weighted by Crippen LogP contribution is -2.01. The Morgan fingerprint density at radius 1 is 0.273 bits per heavy atom. The Morgan fingerprint density at radius 3 is 1.67 bits per heavy atom. The van der Waals surface area contributed by atoms with Crippen molar-refractivity contribution in [1.82, 2.24) is 24.1 Å². The maximum absolute atomic E-state index is 5.20. The molecule has 66 heavy (non-hydrogen) atoms. The summed E-state index contributed by atoms with van der Waals surface area (Å²) < 4.78 is 4.94. The fourth-order valence-electron chi connectivity index (χ4n) is 10.5. The summed E-state index contributed by atoms with van der Waals surface area (Å²) in [5, 5.41) is 14.4. The molecule has 14 rings (SSSR count). The lowest BCUT2D eigenvalue weighted by molar-refractivity contribution is 1.08. The SMILES string of the molecule is c1ccc(-c2nc(-c3ccc4ccccc4c3)nc(-c3cccc4cc(-n5c6ccccc6c6c5ccc5c7c8ccccc8ccc7n(-c7ccc8ccccc8c7)c56)ccc34)n2)cc1. The van der Waals surface area contributed by atoms with Crippen molar-refractivity contribution < 1.29 is 0 Å². The first-order chi connectivity index (χ1) is 32.7. The molecule has 0 aliphatic carbocycles. The molecule has 14 aromatic rings. The summed E-state index contributed by atoms with van der Waals surface area (Å²) in [7, 11) is 0. The van der Waals surface area contributed by atoms with E-state index in [1.54, 1.807) is 0 Å². The number of nitrogens with zero attached hydrogens (tertiary/aromatic N) is 5. The predicted molar refractivity (Wildman–Crippen MR) is 275 cm³/mol. The van der Waals surface area contributed by atoms with Crippen LogP contribution in [0.5, 0.6) is 0 Å². The normalized spacial score (nSPS) is 11.9. The van der Waals surface area contributed by atoms with Crippen molar-refractivity contribution in [3.05, 3.63) is 224 Å². The van der Waals surface area contributed by atoms with E-state index in [-0.39, 0.29) is 0 Å². The molecule has 3 heterocycles. The Morgan fingerprint density at radius 2 is 0.833 bits per heavy atom. The molecule has 0 saturated heterocycles. The molecule has 0 radical (unpaired) electrons. The zero-order valence-electron chi connectivity index (χ0n) is 35.6. The molecule has 0 atom stereocenters. The quantitative estimate of drug-likeness (QED) is 0.173. The summed E-state index contributed by atoms with van der Waals surface area (Å²) >= 11 is 0. The van der Waals surface area contributed by atoms with E-state index in [0.29, 0.717) is 17.5 Å². The van der Waals surface area contributed by atoms with E-state index in [0.717, 1.165) is 55.3 Å². The number of aromatic nitrogens is 5. The maximum atomic E-state index is 5.20. The summed E-state index contributed by atoms with van der Waals surface area (Å²) in [5.41, 5.74) is 9.78. The van der Waals surface area contributed by atoms with Gasteiger partial charge in [0.15, 0.2) is 17.5 Å². The first-order valence-electron chi connectivity index (χ1n) is 22.4. The predicted octanol–water partition coefficient (Wildman–Crippen LogP) is 15.7. The molecule has 0 saturated carbocycles. The number of para-hydroxylation sites is 1. The van der Waals surface area contributed by atoms with Crippen LogP contribution in [-0.2, 0) is 0 Å². The van der Waals surface area contributed by atoms with Crippen LogP contribution in [0, 0.1) is 0 Å². The van der Waals surface area contributed by atoms with E-state index in [4.69, 9.17) is 15.0 Å². The van der Waals surface area contributed by atoms with E-state index in [1.807, 2.05) is 18.2 Å². The molecule has 0 bridgehead atoms. The molecule has 0 N–H and O–H groups in total. The number of rotatable bonds is 5. The molecule has 5 nitrogen and oxygen atoms in total. The topological polar surface area (TPSA) is 48.5 Å². The van der Waals surface area contributed by atoms with Gasteiger partial charge in [0.05, 0.1) is 22.1 Å². The Labute approximate surface area is 379 Å². The second-order valence-electron chi connectivity index (χ2n) is 17.2. The van der Waals surface area contributed by atoms with Crippen molar-refractivity contribution in [3.8, 4) is 45.5 Å². The third kappa shape index (κ3) is 5.57. The van der Waals surface area contributed by atoms with Gasteiger partial charge in [0.25, 0.3) is 0 Å². The Kier molecular flexibility index (Phi) is 7.91. The van der Waals surface area contributed by atoms with Crippen LogP contribution in [0.3, 0.4) is 0 Å². The number of fused-ring (bicyclic) bond motifs is 12. The average Bonchev–Trinajstić information content (AvgIpc) is 3.91. The van der Waals surface area contributed by atoms with Crippen molar-refractivity contribution in [2.75, 3.05) is 0 Å². The molecule has 5 heteroatoms. The smallest absolute Gasteiger partial charge is 0.164 e. The molecule has 306 valence electrons. The average molecular weight is 840 g/mol. The molecule has 11 aromatic carbocycles. The molecule has 3 aromatic heterocycles. The summed E-state index contributed by atoms with van der Waals surface area (Å²) in [6.45, 7) is 0. The van der Waals surface area contributed by atoms with E-state index in [1.165, 1.54) is 59.5 Å². The minimum Gasteiger partial charge on any atom is -0.309 e. The highest BCUT2D eigenvalue weighted by atomic mass is 15.0. The van der Waals surface area contributed by atoms with Gasteiger partial charge in [-0.1, -0.05) is 176 Å². The van der Waals surface area contributed by atoms with Gasteiger partial charge in [-0.3, -0.25) is 0 Å². The molecular formula is C61H37N5. The van der Waals surface area contributed by atoms with Gasteiger partial charge in [0.2, 0.25) is 0 Å². The molecular weight excluding hydrogens is 803 g/mol. The molecule has 0 spiro atoms. The number of hydrogen-bond acceptors (Lipinski definition) is 3. The highest BCUT2D eigenvalue weighted by Gasteiger charge is 2.23. The third-order valence-electron chi connectivity index (χ3n) is 13.5. The van der Waals surface area contributed by atoms with Crippen molar-refractivity contribution in [2.45, 2.75) is 0 Å². The van der Waals surface area contributed by atoms with Crippen molar-refractivity contribution in [2.24, 2.45) is 0 Å². The molecule has 0 fully saturated rings. The largest absolute Gasteiger partial charge is 0.309 e. The van der Waals surface area contributed by atoms with E-state index < -0.39 is 0 Å². The van der Waals surface area contributed by atoms with Crippen molar-refractivity contribution in [3.63, 3.8) is 0 Å². The van der Waals surface area contributed by atoms with Crippen LogP contribution in [0.2, 0.25) is 0 Å². The monoisotopic (exact) mass is 839 g/mol. The Hall–Kier alpha value is -8.93. The van der Waals surface area contributed by atoms with Gasteiger partial charge in [-0.25, -0.2) is 15.0 Å². The van der Waals surface area contributed by atoms with E-state index in [9.17, 15) is 0 Å². The lowest BCUT2D eigenvalue weighted by atomic mass is 10.0. The van der Waals surface area contributed by atoms with Gasteiger partial charge < -0.3 is 9.13 Å². The highest BCUT2D eigenvalue weighted by molar-refractivity contribution is 6.30. The minimum absolute atomic E-state index is 0.638. The van der Waals surface area contributed by atoms with Crippen LogP contribution in [0.15, 0.2) is 224 Å². The third-order valence-corrected chi connectivity index (χ3v) is 13.5. The summed E-state index contributed by atoms with van der Waals surface area (Å²) in [6.07, 6.45) is 0. The molecule has 0 aliphatic rings. The van der Waals surface area contributed by atoms with Crippen LogP contribution < -0.4 is 0 Å². The van der Waals surface area contributed by atoms with Crippen LogP contribution in [-0.4, -0.2) is 24.1 Å².